The van der Waals surface area contributed by atoms with Crippen molar-refractivity contribution in [3.63, 3.8) is 0 Å². The standard InChI is InChI=1S/C23H30N2O4/c1-25(2)21(18-7-5-8-20(15-18)29-4)16-24-23(27)10-6-9-22(26)17-11-13-19(28-3)14-12-17/h5,7-8,11-15,21H,6,9-10,16H2,1-4H3,(H,24,27). The van der Waals surface area contributed by atoms with Crippen LogP contribution in [0.15, 0.2) is 48.5 Å². The SMILES string of the molecule is COc1ccc(C(=O)CCCC(=O)NCC(c2cccc(OC)c2)N(C)C)cc1. The number of nitrogens with one attached hydrogen (secondary N) is 1. The minimum Gasteiger partial charge on any atom is -0.497 e. The summed E-state index contributed by atoms with van der Waals surface area (Å²) < 4.78 is 10.4. The molecule has 29 heavy (non-hydrogen) atoms. The molecule has 2 aromatic rings. The number of ether oxygens (including phenoxy) is 2. The van der Waals surface area contributed by atoms with Gasteiger partial charge in [-0.3, -0.25) is 9.59 Å². The zero-order valence-corrected chi connectivity index (χ0v) is 17.6. The highest BCUT2D eigenvalue weighted by Crippen LogP contribution is 2.22. The van der Waals surface area contributed by atoms with Gasteiger partial charge in [-0.15, -0.1) is 0 Å². The van der Waals surface area contributed by atoms with Gasteiger partial charge in [-0.2, -0.15) is 0 Å². The number of methoxy groups -OCH3 is 2. The first-order valence-corrected chi connectivity index (χ1v) is 9.69. The van der Waals surface area contributed by atoms with Gasteiger partial charge in [0, 0.05) is 24.9 Å². The van der Waals surface area contributed by atoms with Crippen LogP contribution in [-0.4, -0.2) is 51.5 Å². The maximum absolute atomic E-state index is 12.2. The number of rotatable bonds is 11. The van der Waals surface area contributed by atoms with E-state index in [1.54, 1.807) is 38.5 Å². The van der Waals surface area contributed by atoms with Crippen molar-refractivity contribution < 1.29 is 19.1 Å². The Balaban J connectivity index is 1.80. The molecule has 1 unspecified atom stereocenters. The second kappa shape index (κ2) is 11.2. The number of nitrogens with zero attached hydrogens (tertiary/aromatic N) is 1. The van der Waals surface area contributed by atoms with Crippen molar-refractivity contribution in [2.45, 2.75) is 25.3 Å². The molecule has 1 amide bonds. The molecule has 0 fully saturated rings. The van der Waals surface area contributed by atoms with Crippen molar-refractivity contribution >= 4 is 11.7 Å². The van der Waals surface area contributed by atoms with Crippen LogP contribution < -0.4 is 14.8 Å². The largest absolute Gasteiger partial charge is 0.497 e. The van der Waals surface area contributed by atoms with Crippen LogP contribution in [0.3, 0.4) is 0 Å². The lowest BCUT2D eigenvalue weighted by atomic mass is 10.0. The highest BCUT2D eigenvalue weighted by atomic mass is 16.5. The van der Waals surface area contributed by atoms with E-state index in [9.17, 15) is 9.59 Å². The molecule has 2 rings (SSSR count). The van der Waals surface area contributed by atoms with Crippen molar-refractivity contribution in [1.82, 2.24) is 10.2 Å². The van der Waals surface area contributed by atoms with Crippen LogP contribution >= 0.6 is 0 Å². The van der Waals surface area contributed by atoms with Crippen molar-refractivity contribution in [2.24, 2.45) is 0 Å². The number of carbonyl (C=O) groups is 2. The van der Waals surface area contributed by atoms with Gasteiger partial charge >= 0.3 is 0 Å². The van der Waals surface area contributed by atoms with Gasteiger partial charge in [-0.1, -0.05) is 12.1 Å². The lowest BCUT2D eigenvalue weighted by Gasteiger charge is -2.25. The van der Waals surface area contributed by atoms with E-state index in [2.05, 4.69) is 10.2 Å². The molecule has 0 heterocycles. The molecule has 0 aliphatic rings. The highest BCUT2D eigenvalue weighted by Gasteiger charge is 2.16. The Labute approximate surface area is 172 Å². The van der Waals surface area contributed by atoms with E-state index >= 15 is 0 Å². The van der Waals surface area contributed by atoms with Crippen LogP contribution in [0.25, 0.3) is 0 Å². The number of hydrogen-bond donors (Lipinski definition) is 1. The summed E-state index contributed by atoms with van der Waals surface area (Å²) in [5.74, 6) is 1.48. The van der Waals surface area contributed by atoms with E-state index in [0.717, 1.165) is 11.3 Å². The Kier molecular flexibility index (Phi) is 8.68. The quantitative estimate of drug-likeness (QED) is 0.587. The molecule has 0 saturated carbocycles. The maximum Gasteiger partial charge on any atom is 0.220 e. The molecule has 0 aliphatic carbocycles. The normalized spacial score (nSPS) is 11.8. The molecule has 0 saturated heterocycles. The lowest BCUT2D eigenvalue weighted by Crippen LogP contribution is -2.34. The minimum absolute atomic E-state index is 0.0306. The molecular weight excluding hydrogens is 368 g/mol. The number of amides is 1. The molecule has 0 bridgehead atoms. The summed E-state index contributed by atoms with van der Waals surface area (Å²) in [6.07, 6.45) is 1.18. The van der Waals surface area contributed by atoms with Crippen LogP contribution in [0, 0.1) is 0 Å². The number of hydrogen-bond acceptors (Lipinski definition) is 5. The number of carbonyl (C=O) groups excluding carboxylic acids is 2. The van der Waals surface area contributed by atoms with Crippen molar-refractivity contribution in [3.8, 4) is 11.5 Å². The summed E-state index contributed by atoms with van der Waals surface area (Å²) in [5.41, 5.74) is 1.71. The van der Waals surface area contributed by atoms with Gasteiger partial charge in [0.2, 0.25) is 5.91 Å². The minimum atomic E-state index is -0.0534. The third-order valence-corrected chi connectivity index (χ3v) is 4.81. The Morgan fingerprint density at radius 2 is 1.66 bits per heavy atom. The summed E-state index contributed by atoms with van der Waals surface area (Å²) in [6.45, 7) is 0.491. The topological polar surface area (TPSA) is 67.9 Å². The molecular formula is C23H30N2O4. The maximum atomic E-state index is 12.2. The Hall–Kier alpha value is -2.86. The summed E-state index contributed by atoms with van der Waals surface area (Å²) in [6, 6.07) is 14.9. The van der Waals surface area contributed by atoms with Gasteiger partial charge < -0.3 is 19.7 Å². The molecule has 6 heteroatoms. The number of benzene rings is 2. The summed E-state index contributed by atoms with van der Waals surface area (Å²) in [4.78, 5) is 26.5. The molecule has 0 radical (unpaired) electrons. The van der Waals surface area contributed by atoms with E-state index in [4.69, 9.17) is 9.47 Å². The molecule has 0 aromatic heterocycles. The van der Waals surface area contributed by atoms with Gasteiger partial charge in [0.1, 0.15) is 11.5 Å². The van der Waals surface area contributed by atoms with E-state index < -0.39 is 0 Å². The third kappa shape index (κ3) is 6.91. The number of likely N-dealkylation sites (N-methyl/N-ethyl adjacent to an activating group) is 1. The summed E-state index contributed by atoms with van der Waals surface area (Å²) in [7, 11) is 7.18. The van der Waals surface area contributed by atoms with Crippen LogP contribution in [0.2, 0.25) is 0 Å². The van der Waals surface area contributed by atoms with Crippen molar-refractivity contribution in [2.75, 3.05) is 34.9 Å². The second-order valence-electron chi connectivity index (χ2n) is 7.07. The molecule has 156 valence electrons. The smallest absolute Gasteiger partial charge is 0.220 e. The van der Waals surface area contributed by atoms with Crippen LogP contribution in [-0.2, 0) is 4.79 Å². The summed E-state index contributed by atoms with van der Waals surface area (Å²) in [5, 5.41) is 2.98. The monoisotopic (exact) mass is 398 g/mol. The first-order valence-electron chi connectivity index (χ1n) is 9.69. The van der Waals surface area contributed by atoms with Crippen molar-refractivity contribution in [3.05, 3.63) is 59.7 Å². The lowest BCUT2D eigenvalue weighted by molar-refractivity contribution is -0.121. The van der Waals surface area contributed by atoms with Crippen molar-refractivity contribution in [1.29, 1.82) is 0 Å². The first kappa shape index (κ1) is 22.4. The first-order chi connectivity index (χ1) is 13.9. The van der Waals surface area contributed by atoms with E-state index in [1.807, 2.05) is 38.4 Å². The van der Waals surface area contributed by atoms with Gasteiger partial charge in [-0.25, -0.2) is 0 Å². The molecule has 6 nitrogen and oxygen atoms in total. The van der Waals surface area contributed by atoms with E-state index in [0.29, 0.717) is 37.1 Å². The zero-order valence-electron chi connectivity index (χ0n) is 17.6. The summed E-state index contributed by atoms with van der Waals surface area (Å²) >= 11 is 0. The molecule has 1 N–H and O–H groups in total. The van der Waals surface area contributed by atoms with Gasteiger partial charge in [0.05, 0.1) is 20.3 Å². The zero-order chi connectivity index (χ0) is 21.2. The van der Waals surface area contributed by atoms with E-state index in [-0.39, 0.29) is 17.7 Å². The van der Waals surface area contributed by atoms with Gasteiger partial charge in [-0.05, 0) is 62.5 Å². The average Bonchev–Trinajstić information content (AvgIpc) is 2.73. The Morgan fingerprint density at radius 1 is 0.966 bits per heavy atom. The molecule has 2 aromatic carbocycles. The van der Waals surface area contributed by atoms with Gasteiger partial charge in [0.25, 0.3) is 0 Å². The fourth-order valence-electron chi connectivity index (χ4n) is 3.08. The number of ketones is 1. The van der Waals surface area contributed by atoms with Crippen LogP contribution in [0.1, 0.15) is 41.2 Å². The van der Waals surface area contributed by atoms with E-state index in [1.165, 1.54) is 0 Å². The molecule has 0 aliphatic heterocycles. The molecule has 0 spiro atoms. The average molecular weight is 399 g/mol. The third-order valence-electron chi connectivity index (χ3n) is 4.81. The predicted molar refractivity (Wildman–Crippen MR) is 114 cm³/mol. The number of Topliss-reactive ketones (excluding diaryl/α,β-unsaturated/α-hetero) is 1. The van der Waals surface area contributed by atoms with Crippen LogP contribution in [0.4, 0.5) is 0 Å². The Bertz CT molecular complexity index is 803. The molecule has 1 atom stereocenters. The predicted octanol–water partition coefficient (Wildman–Crippen LogP) is 3.48. The van der Waals surface area contributed by atoms with Crippen LogP contribution in [0.5, 0.6) is 11.5 Å². The highest BCUT2D eigenvalue weighted by molar-refractivity contribution is 5.96. The Morgan fingerprint density at radius 3 is 2.28 bits per heavy atom. The second-order valence-corrected chi connectivity index (χ2v) is 7.07. The van der Waals surface area contributed by atoms with Gasteiger partial charge in [0.15, 0.2) is 5.78 Å². The fraction of sp³-hybridized carbons (Fsp3) is 0.391. The fourth-order valence-corrected chi connectivity index (χ4v) is 3.08.